The number of nitrogens with one attached hydrogen (secondary N) is 2. The molecule has 1 rings (SSSR count). The average Bonchev–Trinajstić information content (AvgIpc) is 2.50. The summed E-state index contributed by atoms with van der Waals surface area (Å²) >= 11 is 0. The number of sulfonamides is 1. The maximum Gasteiger partial charge on any atom is 0.246 e. The van der Waals surface area contributed by atoms with Crippen LogP contribution in [0, 0.1) is 0 Å². The van der Waals surface area contributed by atoms with Crippen LogP contribution >= 0.6 is 0 Å². The minimum absolute atomic E-state index is 0.0605. The van der Waals surface area contributed by atoms with Crippen LogP contribution in [0.5, 0.6) is 5.75 Å². The first-order valence-corrected chi connectivity index (χ1v) is 9.06. The van der Waals surface area contributed by atoms with E-state index >= 15 is 0 Å². The van der Waals surface area contributed by atoms with Crippen LogP contribution in [0.25, 0.3) is 0 Å². The van der Waals surface area contributed by atoms with Crippen molar-refractivity contribution in [1.82, 2.24) is 9.62 Å². The molecule has 0 unspecified atom stereocenters. The van der Waals surface area contributed by atoms with Gasteiger partial charge in [-0.1, -0.05) is 13.8 Å². The maximum absolute atomic E-state index is 12.8. The zero-order valence-electron chi connectivity index (χ0n) is 14.0. The van der Waals surface area contributed by atoms with Crippen LogP contribution in [-0.2, 0) is 14.8 Å². The van der Waals surface area contributed by atoms with Gasteiger partial charge in [0.25, 0.3) is 0 Å². The summed E-state index contributed by atoms with van der Waals surface area (Å²) in [6.45, 7) is 6.56. The number of carbonyl (C=O) groups excluding carboxylic acids is 1. The SMILES string of the molecule is CCOc1ccc(NC(=O)CNC)cc1S(=O)(=O)N(CC)CC. The average molecular weight is 343 g/mol. The van der Waals surface area contributed by atoms with E-state index in [0.29, 0.717) is 25.4 Å². The van der Waals surface area contributed by atoms with Crippen molar-refractivity contribution in [1.29, 1.82) is 0 Å². The van der Waals surface area contributed by atoms with Gasteiger partial charge >= 0.3 is 0 Å². The van der Waals surface area contributed by atoms with Gasteiger partial charge in [-0.05, 0) is 32.2 Å². The summed E-state index contributed by atoms with van der Waals surface area (Å²) in [7, 11) is -2.02. The van der Waals surface area contributed by atoms with Crippen molar-refractivity contribution >= 4 is 21.6 Å². The van der Waals surface area contributed by atoms with Gasteiger partial charge in [-0.25, -0.2) is 8.42 Å². The summed E-state index contributed by atoms with van der Waals surface area (Å²) < 4.78 is 32.3. The topological polar surface area (TPSA) is 87.7 Å². The Morgan fingerprint density at radius 3 is 2.39 bits per heavy atom. The predicted molar refractivity (Wildman–Crippen MR) is 90.3 cm³/mol. The first kappa shape index (κ1) is 19.4. The van der Waals surface area contributed by atoms with Gasteiger partial charge in [0.15, 0.2) is 0 Å². The third kappa shape index (κ3) is 4.92. The lowest BCUT2D eigenvalue weighted by atomic mass is 10.3. The standard InChI is InChI=1S/C15H25N3O4S/c1-5-18(6-2)23(20,21)14-10-12(17-15(19)11-16-4)8-9-13(14)22-7-3/h8-10,16H,5-7,11H2,1-4H3,(H,17,19). The minimum atomic E-state index is -3.68. The summed E-state index contributed by atoms with van der Waals surface area (Å²) in [4.78, 5) is 11.7. The van der Waals surface area contributed by atoms with Crippen molar-refractivity contribution in [3.05, 3.63) is 18.2 Å². The predicted octanol–water partition coefficient (Wildman–Crippen LogP) is 1.27. The third-order valence-electron chi connectivity index (χ3n) is 3.19. The molecule has 0 fully saturated rings. The molecule has 130 valence electrons. The summed E-state index contributed by atoms with van der Waals surface area (Å²) in [6, 6.07) is 4.63. The highest BCUT2D eigenvalue weighted by atomic mass is 32.2. The molecule has 0 saturated heterocycles. The number of nitrogens with zero attached hydrogens (tertiary/aromatic N) is 1. The first-order chi connectivity index (χ1) is 10.9. The second-order valence-electron chi connectivity index (χ2n) is 4.76. The molecule has 1 aromatic rings. The minimum Gasteiger partial charge on any atom is -0.492 e. The Balaban J connectivity index is 3.28. The molecule has 0 aliphatic carbocycles. The molecule has 0 radical (unpaired) electrons. The van der Waals surface area contributed by atoms with E-state index in [1.165, 1.54) is 10.4 Å². The van der Waals surface area contributed by atoms with Crippen LogP contribution in [0.1, 0.15) is 20.8 Å². The van der Waals surface area contributed by atoms with E-state index in [-0.39, 0.29) is 23.1 Å². The van der Waals surface area contributed by atoms with Crippen molar-refractivity contribution in [3.63, 3.8) is 0 Å². The van der Waals surface area contributed by atoms with E-state index in [1.807, 2.05) is 0 Å². The molecule has 0 heterocycles. The van der Waals surface area contributed by atoms with Crippen molar-refractivity contribution in [2.75, 3.05) is 38.6 Å². The largest absolute Gasteiger partial charge is 0.492 e. The molecule has 1 amide bonds. The highest BCUT2D eigenvalue weighted by molar-refractivity contribution is 7.89. The van der Waals surface area contributed by atoms with Crippen LogP contribution in [0.4, 0.5) is 5.69 Å². The van der Waals surface area contributed by atoms with E-state index < -0.39 is 10.0 Å². The number of amides is 1. The van der Waals surface area contributed by atoms with E-state index in [9.17, 15) is 13.2 Å². The lowest BCUT2D eigenvalue weighted by molar-refractivity contribution is -0.115. The van der Waals surface area contributed by atoms with Gasteiger partial charge in [-0.2, -0.15) is 4.31 Å². The smallest absolute Gasteiger partial charge is 0.246 e. The van der Waals surface area contributed by atoms with Gasteiger partial charge in [-0.15, -0.1) is 0 Å². The van der Waals surface area contributed by atoms with Gasteiger partial charge in [0.05, 0.1) is 13.2 Å². The molecule has 0 bridgehead atoms. The number of hydrogen-bond donors (Lipinski definition) is 2. The first-order valence-electron chi connectivity index (χ1n) is 7.62. The van der Waals surface area contributed by atoms with Crippen molar-refractivity contribution in [3.8, 4) is 5.75 Å². The van der Waals surface area contributed by atoms with E-state index in [4.69, 9.17) is 4.74 Å². The number of hydrogen-bond acceptors (Lipinski definition) is 5. The lowest BCUT2D eigenvalue weighted by Gasteiger charge is -2.21. The van der Waals surface area contributed by atoms with Gasteiger partial charge in [0.2, 0.25) is 15.9 Å². The Labute approximate surface area is 138 Å². The quantitative estimate of drug-likeness (QED) is 0.705. The van der Waals surface area contributed by atoms with E-state index in [0.717, 1.165) is 0 Å². The Morgan fingerprint density at radius 1 is 1.22 bits per heavy atom. The van der Waals surface area contributed by atoms with Crippen LogP contribution in [0.15, 0.2) is 23.1 Å². The molecule has 8 heteroatoms. The van der Waals surface area contributed by atoms with Gasteiger partial charge < -0.3 is 15.4 Å². The highest BCUT2D eigenvalue weighted by Gasteiger charge is 2.26. The molecule has 2 N–H and O–H groups in total. The zero-order valence-corrected chi connectivity index (χ0v) is 14.9. The van der Waals surface area contributed by atoms with E-state index in [2.05, 4.69) is 10.6 Å². The summed E-state index contributed by atoms with van der Waals surface area (Å²) in [5.74, 6) is 0.0360. The molecular weight excluding hydrogens is 318 g/mol. The van der Waals surface area contributed by atoms with Crippen molar-refractivity contribution in [2.24, 2.45) is 0 Å². The number of carbonyl (C=O) groups is 1. The molecular formula is C15H25N3O4S. The zero-order chi connectivity index (χ0) is 17.5. The van der Waals surface area contributed by atoms with Crippen LogP contribution < -0.4 is 15.4 Å². The Kier molecular flexibility index (Phi) is 7.47. The maximum atomic E-state index is 12.8. The molecule has 0 spiro atoms. The monoisotopic (exact) mass is 343 g/mol. The van der Waals surface area contributed by atoms with E-state index in [1.54, 1.807) is 40.0 Å². The molecule has 0 aromatic heterocycles. The normalized spacial score (nSPS) is 11.5. The molecule has 23 heavy (non-hydrogen) atoms. The molecule has 1 aromatic carbocycles. The van der Waals surface area contributed by atoms with Gasteiger partial charge in [-0.3, -0.25) is 4.79 Å². The lowest BCUT2D eigenvalue weighted by Crippen LogP contribution is -2.31. The van der Waals surface area contributed by atoms with Crippen LogP contribution in [-0.4, -0.2) is 51.9 Å². The van der Waals surface area contributed by atoms with Crippen LogP contribution in [0.3, 0.4) is 0 Å². The Hall–Kier alpha value is -1.64. The molecule has 0 saturated carbocycles. The van der Waals surface area contributed by atoms with Gasteiger partial charge in [0.1, 0.15) is 10.6 Å². The number of ether oxygens (including phenoxy) is 1. The number of rotatable bonds is 9. The number of anilines is 1. The summed E-state index contributed by atoms with van der Waals surface area (Å²) in [5, 5.41) is 5.40. The van der Waals surface area contributed by atoms with Crippen LogP contribution in [0.2, 0.25) is 0 Å². The summed E-state index contributed by atoms with van der Waals surface area (Å²) in [5.41, 5.74) is 0.416. The summed E-state index contributed by atoms with van der Waals surface area (Å²) in [6.07, 6.45) is 0. The highest BCUT2D eigenvalue weighted by Crippen LogP contribution is 2.30. The van der Waals surface area contributed by atoms with Crippen molar-refractivity contribution in [2.45, 2.75) is 25.7 Å². The van der Waals surface area contributed by atoms with Gasteiger partial charge in [0, 0.05) is 18.8 Å². The second-order valence-corrected chi connectivity index (χ2v) is 6.67. The Morgan fingerprint density at radius 2 is 1.87 bits per heavy atom. The molecule has 7 nitrogen and oxygen atoms in total. The third-order valence-corrected chi connectivity index (χ3v) is 5.26. The Bertz CT molecular complexity index is 628. The number of likely N-dealkylation sites (N-methyl/N-ethyl adjacent to an activating group) is 1. The fourth-order valence-corrected chi connectivity index (χ4v) is 3.75. The number of benzene rings is 1. The second kappa shape index (κ2) is 8.85. The fourth-order valence-electron chi connectivity index (χ4n) is 2.13. The molecule has 0 aliphatic rings. The van der Waals surface area contributed by atoms with Crippen molar-refractivity contribution < 1.29 is 17.9 Å². The fraction of sp³-hybridized carbons (Fsp3) is 0.533. The molecule has 0 aliphatic heterocycles. The molecule has 0 atom stereocenters.